The molecular weight excluding hydrogens is 278 g/mol. The van der Waals surface area contributed by atoms with Crippen molar-refractivity contribution in [1.82, 2.24) is 4.98 Å². The van der Waals surface area contributed by atoms with Crippen molar-refractivity contribution in [3.63, 3.8) is 0 Å². The Balaban J connectivity index is 1.77. The van der Waals surface area contributed by atoms with Crippen molar-refractivity contribution >= 4 is 17.4 Å². The number of pyridine rings is 1. The van der Waals surface area contributed by atoms with E-state index in [1.807, 2.05) is 0 Å². The largest absolute Gasteiger partial charge is 0.381 e. The lowest BCUT2D eigenvalue weighted by Gasteiger charge is -2.42. The van der Waals surface area contributed by atoms with Crippen molar-refractivity contribution in [3.8, 4) is 0 Å². The molecule has 1 aromatic rings. The summed E-state index contributed by atoms with van der Waals surface area (Å²) < 4.78 is 11.4. The molecule has 0 N–H and O–H groups in total. The Hall–Kier alpha value is -0.970. The Morgan fingerprint density at radius 1 is 1.35 bits per heavy atom. The molecule has 5 heteroatoms. The summed E-state index contributed by atoms with van der Waals surface area (Å²) in [6.45, 7) is 2.08. The quantitative estimate of drug-likeness (QED) is 0.787. The number of aromatic nitrogens is 1. The third-order valence-corrected chi connectivity index (χ3v) is 4.61. The zero-order valence-electron chi connectivity index (χ0n) is 11.3. The van der Waals surface area contributed by atoms with E-state index in [1.54, 1.807) is 12.3 Å². The lowest BCUT2D eigenvalue weighted by atomic mass is 9.78. The van der Waals surface area contributed by atoms with Crippen molar-refractivity contribution in [2.24, 2.45) is 5.92 Å². The monoisotopic (exact) mass is 295 g/mol. The summed E-state index contributed by atoms with van der Waals surface area (Å²) in [6, 6.07) is 1.71. The molecule has 0 bridgehead atoms. The van der Waals surface area contributed by atoms with Gasteiger partial charge in [0.25, 0.3) is 0 Å². The van der Waals surface area contributed by atoms with Crippen LogP contribution in [0.5, 0.6) is 0 Å². The molecule has 2 fully saturated rings. The first-order valence-corrected chi connectivity index (χ1v) is 7.43. The number of ether oxygens (including phenoxy) is 2. The van der Waals surface area contributed by atoms with Crippen LogP contribution in [0.2, 0.25) is 5.02 Å². The molecule has 0 radical (unpaired) electrons. The van der Waals surface area contributed by atoms with E-state index >= 15 is 0 Å². The van der Waals surface area contributed by atoms with Gasteiger partial charge in [-0.1, -0.05) is 11.6 Å². The van der Waals surface area contributed by atoms with Gasteiger partial charge in [0.05, 0.1) is 10.6 Å². The lowest BCUT2D eigenvalue weighted by Crippen LogP contribution is -2.45. The van der Waals surface area contributed by atoms with Crippen LogP contribution in [0, 0.1) is 5.92 Å². The molecule has 1 atom stereocenters. The van der Waals surface area contributed by atoms with Gasteiger partial charge in [0.1, 0.15) is 0 Å². The predicted octanol–water partition coefficient (Wildman–Crippen LogP) is 2.89. The Bertz CT molecular complexity index is 494. The van der Waals surface area contributed by atoms with Crippen molar-refractivity contribution < 1.29 is 14.3 Å². The maximum Gasteiger partial charge on any atom is 0.167 e. The number of hydrogen-bond acceptors (Lipinski definition) is 4. The second-order valence-corrected chi connectivity index (χ2v) is 5.96. The minimum Gasteiger partial charge on any atom is -0.381 e. The van der Waals surface area contributed by atoms with E-state index in [4.69, 9.17) is 21.1 Å². The van der Waals surface area contributed by atoms with Gasteiger partial charge in [-0.15, -0.1) is 0 Å². The summed E-state index contributed by atoms with van der Waals surface area (Å²) in [6.07, 6.45) is 6.43. The fourth-order valence-electron chi connectivity index (χ4n) is 3.14. The van der Waals surface area contributed by atoms with Crippen LogP contribution in [0.4, 0.5) is 0 Å². The van der Waals surface area contributed by atoms with E-state index in [0.717, 1.165) is 38.9 Å². The van der Waals surface area contributed by atoms with Gasteiger partial charge >= 0.3 is 0 Å². The average molecular weight is 296 g/mol. The van der Waals surface area contributed by atoms with Gasteiger partial charge in [-0.25, -0.2) is 0 Å². The van der Waals surface area contributed by atoms with Crippen LogP contribution in [0.1, 0.15) is 36.0 Å². The van der Waals surface area contributed by atoms with Crippen LogP contribution in [0.3, 0.4) is 0 Å². The first kappa shape index (κ1) is 14.0. The molecule has 1 unspecified atom stereocenters. The molecular formula is C15H18ClNO3. The van der Waals surface area contributed by atoms with Gasteiger partial charge in [-0.05, 0) is 31.7 Å². The van der Waals surface area contributed by atoms with E-state index in [-0.39, 0.29) is 17.3 Å². The van der Waals surface area contributed by atoms with E-state index in [1.165, 1.54) is 6.20 Å². The molecule has 0 aliphatic carbocycles. The van der Waals surface area contributed by atoms with Crippen LogP contribution in [-0.4, -0.2) is 36.2 Å². The van der Waals surface area contributed by atoms with Gasteiger partial charge in [0.2, 0.25) is 0 Å². The summed E-state index contributed by atoms with van der Waals surface area (Å²) in [7, 11) is 0. The normalized spacial score (nSPS) is 25.6. The zero-order chi connectivity index (χ0) is 14.0. The number of carbonyl (C=O) groups is 1. The molecule has 3 heterocycles. The van der Waals surface area contributed by atoms with E-state index in [2.05, 4.69) is 4.98 Å². The van der Waals surface area contributed by atoms with Crippen molar-refractivity contribution in [3.05, 3.63) is 29.0 Å². The van der Waals surface area contributed by atoms with Crippen LogP contribution in [0.15, 0.2) is 18.5 Å². The van der Waals surface area contributed by atoms with Gasteiger partial charge in [0, 0.05) is 43.7 Å². The zero-order valence-corrected chi connectivity index (χ0v) is 12.1. The summed E-state index contributed by atoms with van der Waals surface area (Å²) in [5.74, 6) is 0.105. The average Bonchev–Trinajstić information content (AvgIpc) is 2.48. The molecule has 0 aromatic carbocycles. The first-order chi connectivity index (χ1) is 9.70. The lowest BCUT2D eigenvalue weighted by molar-refractivity contribution is -0.142. The highest BCUT2D eigenvalue weighted by Crippen LogP contribution is 2.38. The van der Waals surface area contributed by atoms with Crippen LogP contribution < -0.4 is 0 Å². The van der Waals surface area contributed by atoms with Crippen LogP contribution >= 0.6 is 11.6 Å². The molecule has 2 aliphatic rings. The molecule has 0 saturated carbocycles. The highest BCUT2D eigenvalue weighted by atomic mass is 35.5. The van der Waals surface area contributed by atoms with Crippen LogP contribution in [-0.2, 0) is 9.47 Å². The first-order valence-electron chi connectivity index (χ1n) is 7.06. The molecule has 3 rings (SSSR count). The maximum absolute atomic E-state index is 12.6. The topological polar surface area (TPSA) is 48.4 Å². The molecule has 1 spiro atoms. The Morgan fingerprint density at radius 3 is 2.90 bits per heavy atom. The predicted molar refractivity (Wildman–Crippen MR) is 75.0 cm³/mol. The fourth-order valence-corrected chi connectivity index (χ4v) is 3.35. The Kier molecular flexibility index (Phi) is 4.06. The molecule has 1 aromatic heterocycles. The minimum absolute atomic E-state index is 0.0123. The van der Waals surface area contributed by atoms with E-state index < -0.39 is 0 Å². The maximum atomic E-state index is 12.6. The molecule has 20 heavy (non-hydrogen) atoms. The Morgan fingerprint density at radius 2 is 2.15 bits per heavy atom. The summed E-state index contributed by atoms with van der Waals surface area (Å²) in [5.41, 5.74) is 0.409. The summed E-state index contributed by atoms with van der Waals surface area (Å²) in [4.78, 5) is 16.6. The molecule has 4 nitrogen and oxygen atoms in total. The number of Topliss-reactive ketones (excluding diaryl/α,β-unsaturated/α-hetero) is 1. The highest BCUT2D eigenvalue weighted by molar-refractivity contribution is 6.33. The van der Waals surface area contributed by atoms with Gasteiger partial charge in [0.15, 0.2) is 5.78 Å². The minimum atomic E-state index is -0.170. The highest BCUT2D eigenvalue weighted by Gasteiger charge is 2.41. The number of ketones is 1. The third kappa shape index (κ3) is 2.73. The summed E-state index contributed by atoms with van der Waals surface area (Å²) >= 11 is 6.08. The van der Waals surface area contributed by atoms with Crippen molar-refractivity contribution in [1.29, 1.82) is 0 Å². The van der Waals surface area contributed by atoms with Crippen molar-refractivity contribution in [2.45, 2.75) is 31.3 Å². The number of rotatable bonds is 2. The number of hydrogen-bond donors (Lipinski definition) is 0. The van der Waals surface area contributed by atoms with Crippen molar-refractivity contribution in [2.75, 3.05) is 19.8 Å². The second kappa shape index (κ2) is 5.80. The summed E-state index contributed by atoms with van der Waals surface area (Å²) in [5, 5.41) is 0.435. The van der Waals surface area contributed by atoms with E-state index in [9.17, 15) is 4.79 Å². The van der Waals surface area contributed by atoms with Gasteiger partial charge in [-0.3, -0.25) is 9.78 Å². The number of halogens is 1. The van der Waals surface area contributed by atoms with Gasteiger partial charge < -0.3 is 9.47 Å². The van der Waals surface area contributed by atoms with Gasteiger partial charge in [-0.2, -0.15) is 0 Å². The molecule has 108 valence electrons. The third-order valence-electron chi connectivity index (χ3n) is 4.31. The molecule has 2 aliphatic heterocycles. The molecule has 2 saturated heterocycles. The second-order valence-electron chi connectivity index (χ2n) is 5.55. The standard InChI is InChI=1S/C15H18ClNO3/c16-13-10-17-5-1-12(13)14(18)11-2-6-20-15(9-11)3-7-19-8-4-15/h1,5,10-11H,2-4,6-9H2. The number of carbonyl (C=O) groups excluding carboxylic acids is 1. The smallest absolute Gasteiger partial charge is 0.167 e. The number of nitrogens with zero attached hydrogens (tertiary/aromatic N) is 1. The SMILES string of the molecule is O=C(c1ccncc1Cl)C1CCOC2(CCOCC2)C1. The Labute approximate surface area is 123 Å². The van der Waals surface area contributed by atoms with Crippen LogP contribution in [0.25, 0.3) is 0 Å². The molecule has 0 amide bonds. The fraction of sp³-hybridized carbons (Fsp3) is 0.600. The van der Waals surface area contributed by atoms with E-state index in [0.29, 0.717) is 17.2 Å².